The molecule has 0 saturated carbocycles. The number of benzene rings is 2. The average Bonchev–Trinajstić information content (AvgIpc) is 2.58. The van der Waals surface area contributed by atoms with Gasteiger partial charge in [-0.15, -0.1) is 0 Å². The van der Waals surface area contributed by atoms with Crippen LogP contribution in [0.1, 0.15) is 34.8 Å². The largest absolute Gasteiger partial charge is 0.506 e. The van der Waals surface area contributed by atoms with Crippen LogP contribution < -0.4 is 5.32 Å². The number of nitrogens with zero attached hydrogens (tertiary/aromatic N) is 1. The second-order valence-corrected chi connectivity index (χ2v) is 5.89. The third-order valence-corrected chi connectivity index (χ3v) is 4.23. The molecule has 2 aromatic carbocycles. The number of hydrogen-bond acceptors (Lipinski definition) is 4. The van der Waals surface area contributed by atoms with Gasteiger partial charge in [-0.05, 0) is 31.0 Å². The van der Waals surface area contributed by atoms with Crippen LogP contribution in [0.15, 0.2) is 42.6 Å². The number of phenolic OH excluding ortho intramolecular Hbond substituents is 1. The number of rotatable bonds is 4. The van der Waals surface area contributed by atoms with Crippen LogP contribution in [0.3, 0.4) is 0 Å². The molecule has 0 saturated heterocycles. The number of fused-ring (bicyclic) bond motifs is 1. The Morgan fingerprint density at radius 2 is 1.75 bits per heavy atom. The van der Waals surface area contributed by atoms with E-state index in [1.807, 2.05) is 45.0 Å². The molecule has 4 heteroatoms. The highest BCUT2D eigenvalue weighted by molar-refractivity contribution is 6.09. The molecule has 0 bridgehead atoms. The molecule has 3 rings (SSSR count). The molecule has 4 nitrogen and oxygen atoms in total. The van der Waals surface area contributed by atoms with Gasteiger partial charge >= 0.3 is 0 Å². The second kappa shape index (κ2) is 6.32. The van der Waals surface area contributed by atoms with Crippen LogP contribution in [0.2, 0.25) is 0 Å². The maximum absolute atomic E-state index is 12.4. The van der Waals surface area contributed by atoms with Crippen LogP contribution in [-0.4, -0.2) is 15.9 Å². The number of pyridine rings is 1. The van der Waals surface area contributed by atoms with Gasteiger partial charge in [0.1, 0.15) is 11.3 Å². The summed E-state index contributed by atoms with van der Waals surface area (Å²) in [6.45, 7) is 5.88. The molecule has 0 amide bonds. The maximum atomic E-state index is 12.4. The molecular formula is C20H20N2O2. The number of carbonyl (C=O) groups excluding carboxylic acids is 1. The number of carbonyl (C=O) groups is 1. The van der Waals surface area contributed by atoms with Crippen LogP contribution in [0.4, 0.5) is 11.4 Å². The molecule has 0 aliphatic carbocycles. The van der Waals surface area contributed by atoms with Gasteiger partial charge in [0.2, 0.25) is 0 Å². The van der Waals surface area contributed by atoms with Gasteiger partial charge in [0.15, 0.2) is 5.78 Å². The first-order chi connectivity index (χ1) is 11.5. The minimum atomic E-state index is 0.0153. The zero-order valence-corrected chi connectivity index (χ0v) is 14.1. The monoisotopic (exact) mass is 320 g/mol. The standard InChI is InChI=1S/C20H20N2O2/c1-4-16(23)15-11-21-20-14(9-6-10-17(20)24)19(15)22-18-12(2)7-5-8-13(18)3/h5-11,24H,4H2,1-3H3,(H,21,22). The number of phenols is 1. The van der Waals surface area contributed by atoms with Gasteiger partial charge in [0.25, 0.3) is 0 Å². The highest BCUT2D eigenvalue weighted by atomic mass is 16.3. The number of nitrogens with one attached hydrogen (secondary N) is 1. The first-order valence-electron chi connectivity index (χ1n) is 8.00. The molecule has 0 spiro atoms. The summed E-state index contributed by atoms with van der Waals surface area (Å²) in [4.78, 5) is 16.7. The molecule has 0 aliphatic rings. The Kier molecular flexibility index (Phi) is 4.21. The Morgan fingerprint density at radius 3 is 2.42 bits per heavy atom. The van der Waals surface area contributed by atoms with Gasteiger partial charge in [-0.1, -0.05) is 37.3 Å². The number of aromatic hydroxyl groups is 1. The van der Waals surface area contributed by atoms with E-state index < -0.39 is 0 Å². The molecular weight excluding hydrogens is 300 g/mol. The molecule has 122 valence electrons. The summed E-state index contributed by atoms with van der Waals surface area (Å²) in [5.74, 6) is 0.119. The number of para-hydroxylation sites is 2. The number of anilines is 2. The van der Waals surface area contributed by atoms with Crippen LogP contribution in [-0.2, 0) is 0 Å². The van der Waals surface area contributed by atoms with E-state index in [1.54, 1.807) is 18.3 Å². The highest BCUT2D eigenvalue weighted by Gasteiger charge is 2.17. The SMILES string of the molecule is CCC(=O)c1cnc2c(O)cccc2c1Nc1c(C)cccc1C. The Morgan fingerprint density at radius 1 is 1.08 bits per heavy atom. The zero-order valence-electron chi connectivity index (χ0n) is 14.1. The van der Waals surface area contributed by atoms with Crippen LogP contribution >= 0.6 is 0 Å². The van der Waals surface area contributed by atoms with Crippen molar-refractivity contribution in [2.75, 3.05) is 5.32 Å². The van der Waals surface area contributed by atoms with E-state index in [0.717, 1.165) is 22.2 Å². The van der Waals surface area contributed by atoms with E-state index in [2.05, 4.69) is 10.3 Å². The summed E-state index contributed by atoms with van der Waals surface area (Å²) >= 11 is 0. The van der Waals surface area contributed by atoms with Crippen molar-refractivity contribution in [3.63, 3.8) is 0 Å². The van der Waals surface area contributed by atoms with Gasteiger partial charge in [-0.25, -0.2) is 0 Å². The van der Waals surface area contributed by atoms with Crippen LogP contribution in [0, 0.1) is 13.8 Å². The minimum absolute atomic E-state index is 0.0153. The normalized spacial score (nSPS) is 10.8. The van der Waals surface area contributed by atoms with Crippen LogP contribution in [0.25, 0.3) is 10.9 Å². The van der Waals surface area contributed by atoms with E-state index in [4.69, 9.17) is 0 Å². The molecule has 1 aromatic heterocycles. The van der Waals surface area contributed by atoms with Crippen molar-refractivity contribution in [2.45, 2.75) is 27.2 Å². The lowest BCUT2D eigenvalue weighted by Gasteiger charge is -2.17. The average molecular weight is 320 g/mol. The smallest absolute Gasteiger partial charge is 0.166 e. The maximum Gasteiger partial charge on any atom is 0.166 e. The lowest BCUT2D eigenvalue weighted by Crippen LogP contribution is -2.06. The molecule has 0 fully saturated rings. The molecule has 0 aliphatic heterocycles. The van der Waals surface area contributed by atoms with Crippen LogP contribution in [0.5, 0.6) is 5.75 Å². The highest BCUT2D eigenvalue weighted by Crippen LogP contribution is 2.35. The van der Waals surface area contributed by atoms with E-state index in [0.29, 0.717) is 23.2 Å². The van der Waals surface area contributed by atoms with Gasteiger partial charge in [0, 0.05) is 23.7 Å². The fourth-order valence-corrected chi connectivity index (χ4v) is 2.88. The summed E-state index contributed by atoms with van der Waals surface area (Å²) < 4.78 is 0. The predicted molar refractivity (Wildman–Crippen MR) is 97.2 cm³/mol. The van der Waals surface area contributed by atoms with E-state index in [1.165, 1.54) is 0 Å². The van der Waals surface area contributed by atoms with Gasteiger partial charge in [-0.2, -0.15) is 0 Å². The molecule has 3 aromatic rings. The quantitative estimate of drug-likeness (QED) is 0.672. The number of hydrogen-bond donors (Lipinski definition) is 2. The molecule has 2 N–H and O–H groups in total. The molecule has 0 unspecified atom stereocenters. The van der Waals surface area contributed by atoms with Crippen molar-refractivity contribution in [2.24, 2.45) is 0 Å². The third kappa shape index (κ3) is 2.71. The summed E-state index contributed by atoms with van der Waals surface area (Å²) in [6, 6.07) is 11.3. The molecule has 0 radical (unpaired) electrons. The van der Waals surface area contributed by atoms with Crippen molar-refractivity contribution in [3.8, 4) is 5.75 Å². The predicted octanol–water partition coefficient (Wildman–Crippen LogP) is 4.89. The summed E-state index contributed by atoms with van der Waals surface area (Å²) in [5, 5.41) is 14.2. The lowest BCUT2D eigenvalue weighted by atomic mass is 10.0. The number of aryl methyl sites for hydroxylation is 2. The van der Waals surface area contributed by atoms with Gasteiger partial charge in [0.05, 0.1) is 11.3 Å². The number of ketones is 1. The topological polar surface area (TPSA) is 62.2 Å². The van der Waals surface area contributed by atoms with Gasteiger partial charge in [-0.3, -0.25) is 9.78 Å². The third-order valence-electron chi connectivity index (χ3n) is 4.23. The Balaban J connectivity index is 2.27. The Bertz CT molecular complexity index is 912. The molecule has 0 atom stereocenters. The fourth-order valence-electron chi connectivity index (χ4n) is 2.88. The Hall–Kier alpha value is -2.88. The first-order valence-corrected chi connectivity index (χ1v) is 8.00. The van der Waals surface area contributed by atoms with Crippen molar-refractivity contribution in [3.05, 3.63) is 59.3 Å². The second-order valence-electron chi connectivity index (χ2n) is 5.89. The van der Waals surface area contributed by atoms with Crippen molar-refractivity contribution in [1.82, 2.24) is 4.98 Å². The minimum Gasteiger partial charge on any atom is -0.506 e. The summed E-state index contributed by atoms with van der Waals surface area (Å²) in [7, 11) is 0. The molecule has 1 heterocycles. The van der Waals surface area contributed by atoms with Crippen molar-refractivity contribution < 1.29 is 9.90 Å². The molecule has 24 heavy (non-hydrogen) atoms. The van der Waals surface area contributed by atoms with Crippen molar-refractivity contribution >= 4 is 28.1 Å². The first kappa shape index (κ1) is 16.0. The lowest BCUT2D eigenvalue weighted by molar-refractivity contribution is 0.0988. The fraction of sp³-hybridized carbons (Fsp3) is 0.200. The van der Waals surface area contributed by atoms with E-state index in [9.17, 15) is 9.90 Å². The summed E-state index contributed by atoms with van der Waals surface area (Å²) in [5.41, 5.74) is 4.88. The van der Waals surface area contributed by atoms with Gasteiger partial charge < -0.3 is 10.4 Å². The van der Waals surface area contributed by atoms with E-state index >= 15 is 0 Å². The van der Waals surface area contributed by atoms with Crippen molar-refractivity contribution in [1.29, 1.82) is 0 Å². The van der Waals surface area contributed by atoms with E-state index in [-0.39, 0.29) is 11.5 Å². The zero-order chi connectivity index (χ0) is 17.3. The number of Topliss-reactive ketones (excluding diaryl/α,β-unsaturated/α-hetero) is 1. The Labute approximate surface area is 141 Å². The number of aromatic nitrogens is 1. The summed E-state index contributed by atoms with van der Waals surface area (Å²) in [6.07, 6.45) is 1.94.